The maximum absolute atomic E-state index is 12.3. The molecule has 140 valence electrons. The average Bonchev–Trinajstić information content (AvgIpc) is 3.05. The van der Waals surface area contributed by atoms with Crippen LogP contribution in [-0.2, 0) is 19.1 Å². The fraction of sp³-hybridized carbons (Fsp3) is 0.286. The van der Waals surface area contributed by atoms with Crippen molar-refractivity contribution in [2.75, 3.05) is 23.4 Å². The number of nitrogens with one attached hydrogen (secondary N) is 1. The third kappa shape index (κ3) is 4.34. The van der Waals surface area contributed by atoms with Crippen LogP contribution in [0.1, 0.15) is 17.5 Å². The Balaban J connectivity index is 1.54. The first-order valence-corrected chi connectivity index (χ1v) is 8.84. The van der Waals surface area contributed by atoms with Crippen LogP contribution in [0.5, 0.6) is 0 Å². The van der Waals surface area contributed by atoms with Crippen molar-refractivity contribution in [3.63, 3.8) is 0 Å². The van der Waals surface area contributed by atoms with E-state index in [0.717, 1.165) is 22.5 Å². The molecule has 0 spiro atoms. The number of para-hydroxylation sites is 2. The highest BCUT2D eigenvalue weighted by atomic mass is 16.5. The third-order valence-electron chi connectivity index (χ3n) is 4.62. The molecule has 1 N–H and O–H groups in total. The second-order valence-electron chi connectivity index (χ2n) is 6.66. The van der Waals surface area contributed by atoms with Gasteiger partial charge in [0.2, 0.25) is 5.91 Å². The summed E-state index contributed by atoms with van der Waals surface area (Å²) >= 11 is 0. The van der Waals surface area contributed by atoms with Crippen LogP contribution < -0.4 is 10.2 Å². The van der Waals surface area contributed by atoms with Gasteiger partial charge in [0, 0.05) is 24.3 Å². The van der Waals surface area contributed by atoms with E-state index in [1.165, 1.54) is 0 Å². The molecule has 1 aliphatic rings. The molecule has 1 aliphatic heterocycles. The summed E-state index contributed by atoms with van der Waals surface area (Å²) in [6.07, 6.45) is 0.0895. The summed E-state index contributed by atoms with van der Waals surface area (Å²) in [6.45, 7) is 3.69. The highest BCUT2D eigenvalue weighted by Crippen LogP contribution is 2.25. The Bertz CT molecular complexity index is 843. The second-order valence-corrected chi connectivity index (χ2v) is 6.66. The molecular weight excluding hydrogens is 344 g/mol. The SMILES string of the molecule is Cc1cccc(C)c1NC(=O)COC(=O)[C@H]1CC(=O)N(c2ccccc2)C1. The first kappa shape index (κ1) is 18.6. The minimum absolute atomic E-state index is 0.0895. The molecule has 2 aromatic carbocycles. The van der Waals surface area contributed by atoms with Crippen LogP contribution in [0, 0.1) is 19.8 Å². The number of amides is 2. The molecule has 0 radical (unpaired) electrons. The standard InChI is InChI=1S/C21H22N2O4/c1-14-7-6-8-15(2)20(14)22-18(24)13-27-21(26)16-11-19(25)23(12-16)17-9-4-3-5-10-17/h3-10,16H,11-13H2,1-2H3,(H,22,24)/t16-/m0/s1. The van der Waals surface area contributed by atoms with Gasteiger partial charge in [-0.2, -0.15) is 0 Å². The quantitative estimate of drug-likeness (QED) is 0.826. The predicted molar refractivity (Wildman–Crippen MR) is 102 cm³/mol. The molecule has 0 aromatic heterocycles. The maximum atomic E-state index is 12.3. The summed E-state index contributed by atoms with van der Waals surface area (Å²) in [5.74, 6) is -1.61. The van der Waals surface area contributed by atoms with Gasteiger partial charge in [0.25, 0.3) is 5.91 Å². The third-order valence-corrected chi connectivity index (χ3v) is 4.62. The number of ether oxygens (including phenoxy) is 1. The van der Waals surface area contributed by atoms with E-state index < -0.39 is 17.8 Å². The number of benzene rings is 2. The van der Waals surface area contributed by atoms with Crippen LogP contribution >= 0.6 is 0 Å². The summed E-state index contributed by atoms with van der Waals surface area (Å²) < 4.78 is 5.14. The van der Waals surface area contributed by atoms with Gasteiger partial charge >= 0.3 is 5.97 Å². The van der Waals surface area contributed by atoms with Crippen molar-refractivity contribution >= 4 is 29.2 Å². The molecule has 1 saturated heterocycles. The number of rotatable bonds is 5. The van der Waals surface area contributed by atoms with Gasteiger partial charge in [0.1, 0.15) is 0 Å². The molecule has 0 bridgehead atoms. The lowest BCUT2D eigenvalue weighted by Gasteiger charge is -2.16. The van der Waals surface area contributed by atoms with Crippen LogP contribution in [-0.4, -0.2) is 30.9 Å². The first-order valence-electron chi connectivity index (χ1n) is 8.84. The first-order chi connectivity index (χ1) is 13.0. The molecule has 1 atom stereocenters. The minimum Gasteiger partial charge on any atom is -0.455 e. The van der Waals surface area contributed by atoms with E-state index in [1.54, 1.807) is 4.90 Å². The molecule has 3 rings (SSSR count). The number of esters is 1. The van der Waals surface area contributed by atoms with Crippen molar-refractivity contribution in [3.05, 3.63) is 59.7 Å². The molecule has 27 heavy (non-hydrogen) atoms. The number of carbonyl (C=O) groups excluding carboxylic acids is 3. The second kappa shape index (κ2) is 8.03. The molecule has 1 heterocycles. The predicted octanol–water partition coefficient (Wildman–Crippen LogP) is 2.84. The van der Waals surface area contributed by atoms with Gasteiger partial charge < -0.3 is 15.0 Å². The van der Waals surface area contributed by atoms with E-state index in [-0.39, 0.29) is 25.5 Å². The van der Waals surface area contributed by atoms with Gasteiger partial charge in [-0.15, -0.1) is 0 Å². The largest absolute Gasteiger partial charge is 0.455 e. The van der Waals surface area contributed by atoms with Gasteiger partial charge in [0.15, 0.2) is 6.61 Å². The number of nitrogens with zero attached hydrogens (tertiary/aromatic N) is 1. The summed E-state index contributed by atoms with van der Waals surface area (Å²) in [5.41, 5.74) is 3.36. The van der Waals surface area contributed by atoms with Crippen molar-refractivity contribution in [2.24, 2.45) is 5.92 Å². The van der Waals surface area contributed by atoms with E-state index in [9.17, 15) is 14.4 Å². The van der Waals surface area contributed by atoms with Crippen LogP contribution in [0.15, 0.2) is 48.5 Å². The van der Waals surface area contributed by atoms with Gasteiger partial charge in [-0.3, -0.25) is 14.4 Å². The zero-order chi connectivity index (χ0) is 19.4. The highest BCUT2D eigenvalue weighted by molar-refractivity contribution is 6.00. The van der Waals surface area contributed by atoms with Crippen LogP contribution in [0.25, 0.3) is 0 Å². The molecule has 6 nitrogen and oxygen atoms in total. The molecule has 2 amide bonds. The van der Waals surface area contributed by atoms with Gasteiger partial charge in [-0.25, -0.2) is 0 Å². The Kier molecular flexibility index (Phi) is 5.54. The lowest BCUT2D eigenvalue weighted by molar-refractivity contribution is -0.151. The van der Waals surface area contributed by atoms with E-state index in [4.69, 9.17) is 4.74 Å². The van der Waals surface area contributed by atoms with E-state index in [0.29, 0.717) is 0 Å². The molecule has 0 unspecified atom stereocenters. The summed E-state index contributed by atoms with van der Waals surface area (Å²) in [7, 11) is 0. The molecule has 2 aromatic rings. The topological polar surface area (TPSA) is 75.7 Å². The number of hydrogen-bond donors (Lipinski definition) is 1. The maximum Gasteiger partial charge on any atom is 0.311 e. The van der Waals surface area contributed by atoms with Gasteiger partial charge in [0.05, 0.1) is 5.92 Å². The van der Waals surface area contributed by atoms with Crippen molar-refractivity contribution < 1.29 is 19.1 Å². The molecular formula is C21H22N2O4. The highest BCUT2D eigenvalue weighted by Gasteiger charge is 2.36. The van der Waals surface area contributed by atoms with Gasteiger partial charge in [-0.1, -0.05) is 36.4 Å². The van der Waals surface area contributed by atoms with Crippen molar-refractivity contribution in [3.8, 4) is 0 Å². The van der Waals surface area contributed by atoms with Crippen LogP contribution in [0.3, 0.4) is 0 Å². The van der Waals surface area contributed by atoms with E-state index in [1.807, 2.05) is 62.4 Å². The lowest BCUT2D eigenvalue weighted by atomic mass is 10.1. The fourth-order valence-electron chi connectivity index (χ4n) is 3.16. The van der Waals surface area contributed by atoms with Crippen LogP contribution in [0.4, 0.5) is 11.4 Å². The number of hydrogen-bond acceptors (Lipinski definition) is 4. The molecule has 6 heteroatoms. The van der Waals surface area contributed by atoms with E-state index in [2.05, 4.69) is 5.32 Å². The zero-order valence-corrected chi connectivity index (χ0v) is 15.4. The van der Waals surface area contributed by atoms with Crippen molar-refractivity contribution in [1.29, 1.82) is 0 Å². The lowest BCUT2D eigenvalue weighted by Crippen LogP contribution is -2.28. The zero-order valence-electron chi connectivity index (χ0n) is 15.4. The van der Waals surface area contributed by atoms with Crippen molar-refractivity contribution in [2.45, 2.75) is 20.3 Å². The average molecular weight is 366 g/mol. The number of aryl methyl sites for hydroxylation is 2. The minimum atomic E-state index is -0.564. The van der Waals surface area contributed by atoms with Crippen LogP contribution in [0.2, 0.25) is 0 Å². The normalized spacial score (nSPS) is 16.3. The summed E-state index contributed by atoms with van der Waals surface area (Å²) in [4.78, 5) is 38.2. The Morgan fingerprint density at radius 3 is 2.41 bits per heavy atom. The fourth-order valence-corrected chi connectivity index (χ4v) is 3.16. The van der Waals surface area contributed by atoms with Crippen molar-refractivity contribution in [1.82, 2.24) is 0 Å². The smallest absolute Gasteiger partial charge is 0.311 e. The Morgan fingerprint density at radius 2 is 1.74 bits per heavy atom. The summed E-state index contributed by atoms with van der Waals surface area (Å²) in [5, 5.41) is 2.77. The Morgan fingerprint density at radius 1 is 1.07 bits per heavy atom. The Hall–Kier alpha value is -3.15. The summed E-state index contributed by atoms with van der Waals surface area (Å²) in [6, 6.07) is 14.9. The molecule has 0 aliphatic carbocycles. The number of carbonyl (C=O) groups is 3. The monoisotopic (exact) mass is 366 g/mol. The Labute approximate surface area is 158 Å². The van der Waals surface area contributed by atoms with Gasteiger partial charge in [-0.05, 0) is 37.1 Å². The number of anilines is 2. The molecule has 0 saturated carbocycles. The van der Waals surface area contributed by atoms with E-state index >= 15 is 0 Å². The molecule has 1 fully saturated rings.